The highest BCUT2D eigenvalue weighted by atomic mass is 79.9. The predicted molar refractivity (Wildman–Crippen MR) is 122 cm³/mol. The highest BCUT2D eigenvalue weighted by molar-refractivity contribution is 9.10. The molecule has 0 atom stereocenters. The van der Waals surface area contributed by atoms with Gasteiger partial charge in [0.1, 0.15) is 10.9 Å². The molecule has 31 heavy (non-hydrogen) atoms. The topological polar surface area (TPSA) is 93.5 Å². The van der Waals surface area contributed by atoms with Crippen molar-refractivity contribution in [3.05, 3.63) is 60.3 Å². The van der Waals surface area contributed by atoms with Crippen LogP contribution in [0.2, 0.25) is 0 Å². The van der Waals surface area contributed by atoms with Gasteiger partial charge in [0.05, 0.1) is 24.4 Å². The molecular weight excluding hydrogens is 482 g/mol. The van der Waals surface area contributed by atoms with Gasteiger partial charge in [-0.3, -0.25) is 4.79 Å². The van der Waals surface area contributed by atoms with Crippen LogP contribution in [0.5, 0.6) is 0 Å². The number of ether oxygens (including phenoxy) is 2. The van der Waals surface area contributed by atoms with E-state index >= 15 is 0 Å². The standard InChI is InChI=1S/C23H22BrNO5S/c1-5-29-22(27)20-14(4)21(23(28)30-6-2)31-19(20)11-18(26)16(12-25)9-15-8-7-13(3)17(24)10-15/h7-10H,5-6,11H2,1-4H3/b16-9+. The average molecular weight is 504 g/mol. The fraction of sp³-hybridized carbons (Fsp3) is 0.304. The quantitative estimate of drug-likeness (QED) is 0.279. The number of carbonyl (C=O) groups excluding carboxylic acids is 3. The molecule has 0 aliphatic rings. The molecule has 0 unspecified atom stereocenters. The minimum absolute atomic E-state index is 0.0469. The fourth-order valence-electron chi connectivity index (χ4n) is 2.84. The van der Waals surface area contributed by atoms with Gasteiger partial charge in [-0.1, -0.05) is 28.1 Å². The van der Waals surface area contributed by atoms with Crippen molar-refractivity contribution in [1.82, 2.24) is 0 Å². The normalized spacial score (nSPS) is 11.0. The Kier molecular flexibility index (Phi) is 8.72. The lowest BCUT2D eigenvalue weighted by Gasteiger charge is -2.05. The molecule has 0 bridgehead atoms. The molecule has 0 radical (unpaired) electrons. The molecule has 1 heterocycles. The second-order valence-corrected chi connectivity index (χ2v) is 8.53. The number of aryl methyl sites for hydroxylation is 1. The molecule has 2 aromatic rings. The SMILES string of the molecule is CCOC(=O)c1sc(CC(=O)/C(C#N)=C/c2ccc(C)c(Br)c2)c(C(=O)OCC)c1C. The second kappa shape index (κ2) is 11.0. The number of benzene rings is 1. The number of halogens is 1. The Morgan fingerprint density at radius 2 is 1.77 bits per heavy atom. The Hall–Kier alpha value is -2.76. The van der Waals surface area contributed by atoms with Gasteiger partial charge in [-0.15, -0.1) is 11.3 Å². The van der Waals surface area contributed by atoms with E-state index in [1.807, 2.05) is 31.2 Å². The summed E-state index contributed by atoms with van der Waals surface area (Å²) >= 11 is 4.45. The third-order valence-corrected chi connectivity index (χ3v) is 6.54. The lowest BCUT2D eigenvalue weighted by Crippen LogP contribution is -2.12. The number of nitrogens with zero attached hydrogens (tertiary/aromatic N) is 1. The summed E-state index contributed by atoms with van der Waals surface area (Å²) in [6.45, 7) is 7.26. The number of rotatable bonds is 8. The van der Waals surface area contributed by atoms with E-state index in [9.17, 15) is 19.6 Å². The highest BCUT2D eigenvalue weighted by Gasteiger charge is 2.27. The molecule has 2 rings (SSSR count). The van der Waals surface area contributed by atoms with E-state index in [2.05, 4.69) is 15.9 Å². The number of Topliss-reactive ketones (excluding diaryl/α,β-unsaturated/α-hetero) is 1. The number of hydrogen-bond donors (Lipinski definition) is 0. The summed E-state index contributed by atoms with van der Waals surface area (Å²) in [7, 11) is 0. The van der Waals surface area contributed by atoms with Crippen molar-refractivity contribution in [1.29, 1.82) is 5.26 Å². The fourth-order valence-corrected chi connectivity index (χ4v) is 4.42. The number of thiophene rings is 1. The maximum atomic E-state index is 12.9. The summed E-state index contributed by atoms with van der Waals surface area (Å²) in [5.74, 6) is -1.63. The van der Waals surface area contributed by atoms with Crippen molar-refractivity contribution in [2.75, 3.05) is 13.2 Å². The van der Waals surface area contributed by atoms with Crippen molar-refractivity contribution in [3.8, 4) is 6.07 Å². The number of allylic oxidation sites excluding steroid dienone is 1. The Morgan fingerprint density at radius 3 is 2.35 bits per heavy atom. The maximum Gasteiger partial charge on any atom is 0.348 e. The highest BCUT2D eigenvalue weighted by Crippen LogP contribution is 2.31. The van der Waals surface area contributed by atoms with Crippen LogP contribution in [0, 0.1) is 25.2 Å². The monoisotopic (exact) mass is 503 g/mol. The number of ketones is 1. The van der Waals surface area contributed by atoms with Crippen LogP contribution in [0.1, 0.15) is 55.4 Å². The van der Waals surface area contributed by atoms with Crippen LogP contribution in [0.4, 0.5) is 0 Å². The third-order valence-electron chi connectivity index (χ3n) is 4.41. The first-order chi connectivity index (χ1) is 14.7. The number of esters is 2. The average Bonchev–Trinajstić information content (AvgIpc) is 3.04. The lowest BCUT2D eigenvalue weighted by molar-refractivity contribution is -0.114. The summed E-state index contributed by atoms with van der Waals surface area (Å²) in [4.78, 5) is 38.3. The summed E-state index contributed by atoms with van der Waals surface area (Å²) in [5, 5.41) is 9.53. The van der Waals surface area contributed by atoms with Gasteiger partial charge in [0.15, 0.2) is 5.78 Å². The molecule has 0 amide bonds. The van der Waals surface area contributed by atoms with Crippen molar-refractivity contribution >= 4 is 51.1 Å². The van der Waals surface area contributed by atoms with Crippen LogP contribution in [0.3, 0.4) is 0 Å². The Labute approximate surface area is 193 Å². The van der Waals surface area contributed by atoms with Crippen molar-refractivity contribution in [2.45, 2.75) is 34.1 Å². The van der Waals surface area contributed by atoms with Crippen LogP contribution >= 0.6 is 27.3 Å². The molecule has 1 aromatic heterocycles. The van der Waals surface area contributed by atoms with Gasteiger partial charge in [0.2, 0.25) is 0 Å². The lowest BCUT2D eigenvalue weighted by atomic mass is 10.0. The number of nitriles is 1. The van der Waals surface area contributed by atoms with E-state index in [4.69, 9.17) is 9.47 Å². The number of carbonyl (C=O) groups is 3. The molecule has 6 nitrogen and oxygen atoms in total. The maximum absolute atomic E-state index is 12.9. The van der Waals surface area contributed by atoms with Gasteiger partial charge >= 0.3 is 11.9 Å². The molecule has 0 saturated carbocycles. The van der Waals surface area contributed by atoms with Gasteiger partial charge < -0.3 is 9.47 Å². The Balaban J connectivity index is 2.43. The van der Waals surface area contributed by atoms with E-state index in [0.29, 0.717) is 16.0 Å². The van der Waals surface area contributed by atoms with Gasteiger partial charge in [-0.2, -0.15) is 5.26 Å². The summed E-state index contributed by atoms with van der Waals surface area (Å²) in [5.41, 5.74) is 2.27. The van der Waals surface area contributed by atoms with Crippen LogP contribution in [0.15, 0.2) is 28.2 Å². The van der Waals surface area contributed by atoms with Crippen molar-refractivity contribution < 1.29 is 23.9 Å². The predicted octanol–water partition coefficient (Wildman–Crippen LogP) is 5.20. The molecule has 0 N–H and O–H groups in total. The summed E-state index contributed by atoms with van der Waals surface area (Å²) in [6.07, 6.45) is 1.30. The zero-order chi connectivity index (χ0) is 23.1. The Morgan fingerprint density at radius 1 is 1.13 bits per heavy atom. The molecule has 0 aliphatic carbocycles. The minimum Gasteiger partial charge on any atom is -0.462 e. The van der Waals surface area contributed by atoms with Gasteiger partial charge in [0.25, 0.3) is 0 Å². The van der Waals surface area contributed by atoms with E-state index in [0.717, 1.165) is 21.4 Å². The number of hydrogen-bond acceptors (Lipinski definition) is 7. The van der Waals surface area contributed by atoms with E-state index < -0.39 is 17.7 Å². The molecule has 0 spiro atoms. The molecule has 0 saturated heterocycles. The van der Waals surface area contributed by atoms with E-state index in [-0.39, 0.29) is 35.6 Å². The smallest absolute Gasteiger partial charge is 0.348 e. The van der Waals surface area contributed by atoms with Crippen LogP contribution in [0.25, 0.3) is 6.08 Å². The first-order valence-electron chi connectivity index (χ1n) is 9.61. The van der Waals surface area contributed by atoms with Crippen LogP contribution in [-0.2, 0) is 20.7 Å². The van der Waals surface area contributed by atoms with Crippen LogP contribution in [-0.4, -0.2) is 30.9 Å². The van der Waals surface area contributed by atoms with Gasteiger partial charge in [-0.25, -0.2) is 9.59 Å². The van der Waals surface area contributed by atoms with E-state index in [1.165, 1.54) is 6.08 Å². The van der Waals surface area contributed by atoms with E-state index in [1.54, 1.807) is 20.8 Å². The minimum atomic E-state index is -0.612. The zero-order valence-electron chi connectivity index (χ0n) is 17.7. The molecule has 162 valence electrons. The summed E-state index contributed by atoms with van der Waals surface area (Å²) < 4.78 is 11.0. The van der Waals surface area contributed by atoms with Crippen molar-refractivity contribution in [3.63, 3.8) is 0 Å². The van der Waals surface area contributed by atoms with Gasteiger partial charge in [0, 0.05) is 15.8 Å². The summed E-state index contributed by atoms with van der Waals surface area (Å²) in [6, 6.07) is 7.44. The second-order valence-electron chi connectivity index (χ2n) is 6.57. The molecule has 1 aromatic carbocycles. The third kappa shape index (κ3) is 5.90. The van der Waals surface area contributed by atoms with Gasteiger partial charge in [-0.05, 0) is 56.5 Å². The van der Waals surface area contributed by atoms with Crippen molar-refractivity contribution in [2.24, 2.45) is 0 Å². The molecule has 0 aliphatic heterocycles. The molecule has 0 fully saturated rings. The molecular formula is C23H22BrNO5S. The first-order valence-corrected chi connectivity index (χ1v) is 11.2. The Bertz CT molecular complexity index is 1090. The molecule has 8 heteroatoms. The largest absolute Gasteiger partial charge is 0.462 e. The van der Waals surface area contributed by atoms with Crippen LogP contribution < -0.4 is 0 Å². The zero-order valence-corrected chi connectivity index (χ0v) is 20.1. The first kappa shape index (κ1) is 24.5.